The normalized spacial score (nSPS) is 25.4. The number of ketones is 1. The first-order valence-corrected chi connectivity index (χ1v) is 14.6. The van der Waals surface area contributed by atoms with E-state index in [9.17, 15) is 9.90 Å². The van der Waals surface area contributed by atoms with Crippen LogP contribution in [0.5, 0.6) is 0 Å². The van der Waals surface area contributed by atoms with Gasteiger partial charge in [-0.15, -0.1) is 11.3 Å². The van der Waals surface area contributed by atoms with Crippen LogP contribution >= 0.6 is 23.1 Å². The van der Waals surface area contributed by atoms with Crippen molar-refractivity contribution in [3.63, 3.8) is 0 Å². The summed E-state index contributed by atoms with van der Waals surface area (Å²) in [5.41, 5.74) is 3.40. The van der Waals surface area contributed by atoms with E-state index in [1.807, 2.05) is 46.9 Å². The number of rotatable bonds is 8. The smallest absolute Gasteiger partial charge is 0.189 e. The number of thiazole rings is 1. The van der Waals surface area contributed by atoms with Crippen molar-refractivity contribution in [2.75, 3.05) is 11.6 Å². The van der Waals surface area contributed by atoms with Gasteiger partial charge in [-0.25, -0.2) is 15.0 Å². The van der Waals surface area contributed by atoms with E-state index in [1.54, 1.807) is 17.5 Å². The van der Waals surface area contributed by atoms with E-state index in [-0.39, 0.29) is 23.8 Å². The van der Waals surface area contributed by atoms with Gasteiger partial charge in [0.1, 0.15) is 28.6 Å². The standard InChI is InChI=1S/C26H33N5O4S2/c1-7-8-16(32)20(33)14-11-15(22-21(14)34-26(4,5)35-22)29-23-18(12(2)28-25(31-23)36-6)24-30-19-13(3)27-10-9-17(19)37-24/h9-10,14-15,20-22,33H,7-8,11H2,1-6H3,(H,28,29,31)/t14-,15-,20?,21-,22+/m1/s1. The molecule has 2 N–H and O–H groups in total. The van der Waals surface area contributed by atoms with Crippen molar-refractivity contribution in [1.82, 2.24) is 19.9 Å². The maximum atomic E-state index is 12.6. The molecular weight excluding hydrogens is 510 g/mol. The Hall–Kier alpha value is -2.18. The van der Waals surface area contributed by atoms with Crippen LogP contribution in [0.2, 0.25) is 0 Å². The summed E-state index contributed by atoms with van der Waals surface area (Å²) >= 11 is 3.05. The minimum atomic E-state index is -1.09. The lowest BCUT2D eigenvalue weighted by Crippen LogP contribution is -2.37. The zero-order chi connectivity index (χ0) is 26.5. The molecule has 0 spiro atoms. The Morgan fingerprint density at radius 3 is 2.70 bits per heavy atom. The fourth-order valence-corrected chi connectivity index (χ4v) is 6.89. The van der Waals surface area contributed by atoms with E-state index in [1.165, 1.54) is 11.8 Å². The summed E-state index contributed by atoms with van der Waals surface area (Å²) in [4.78, 5) is 31.4. The first-order chi connectivity index (χ1) is 17.6. The third-order valence-corrected chi connectivity index (χ3v) is 8.60. The minimum Gasteiger partial charge on any atom is -0.385 e. The number of aliphatic hydroxyl groups is 1. The molecule has 11 heteroatoms. The molecule has 198 valence electrons. The number of Topliss-reactive ketones (excluding diaryl/α,β-unsaturated/α-hetero) is 1. The molecule has 4 heterocycles. The fraction of sp³-hybridized carbons (Fsp3) is 0.577. The summed E-state index contributed by atoms with van der Waals surface area (Å²) < 4.78 is 13.6. The van der Waals surface area contributed by atoms with Crippen molar-refractivity contribution in [2.24, 2.45) is 5.92 Å². The summed E-state index contributed by atoms with van der Waals surface area (Å²) in [7, 11) is 0. The zero-order valence-corrected chi connectivity index (χ0v) is 23.6. The molecular formula is C26H33N5O4S2. The number of hydrogen-bond donors (Lipinski definition) is 2. The second-order valence-corrected chi connectivity index (χ2v) is 12.0. The molecule has 2 aliphatic rings. The number of carbonyl (C=O) groups is 1. The van der Waals surface area contributed by atoms with Gasteiger partial charge < -0.3 is 19.9 Å². The van der Waals surface area contributed by atoms with Gasteiger partial charge in [0.25, 0.3) is 0 Å². The van der Waals surface area contributed by atoms with Crippen LogP contribution in [0.3, 0.4) is 0 Å². The number of fused-ring (bicyclic) bond motifs is 2. The Morgan fingerprint density at radius 1 is 1.24 bits per heavy atom. The number of thioether (sulfide) groups is 1. The van der Waals surface area contributed by atoms with Gasteiger partial charge in [0.15, 0.2) is 16.7 Å². The van der Waals surface area contributed by atoms with Crippen LogP contribution in [0.4, 0.5) is 5.82 Å². The van der Waals surface area contributed by atoms with Crippen molar-refractivity contribution in [1.29, 1.82) is 0 Å². The highest BCUT2D eigenvalue weighted by atomic mass is 32.2. The highest BCUT2D eigenvalue weighted by Gasteiger charge is 2.56. The number of hydrogen-bond acceptors (Lipinski definition) is 11. The van der Waals surface area contributed by atoms with Gasteiger partial charge in [0.05, 0.1) is 33.8 Å². The molecule has 3 aromatic rings. The molecule has 5 atom stereocenters. The second-order valence-electron chi connectivity index (χ2n) is 10.2. The zero-order valence-electron chi connectivity index (χ0n) is 21.9. The molecule has 2 fully saturated rings. The van der Waals surface area contributed by atoms with Crippen LogP contribution in [0.1, 0.15) is 51.4 Å². The topological polar surface area (TPSA) is 119 Å². The fourth-order valence-electron chi connectivity index (χ4n) is 5.37. The molecule has 1 saturated carbocycles. The lowest BCUT2D eigenvalue weighted by molar-refractivity contribution is -0.164. The quantitative estimate of drug-likeness (QED) is 0.310. The van der Waals surface area contributed by atoms with Gasteiger partial charge in [0.2, 0.25) is 0 Å². The lowest BCUT2D eigenvalue weighted by atomic mass is 9.93. The molecule has 0 bridgehead atoms. The van der Waals surface area contributed by atoms with Crippen LogP contribution < -0.4 is 5.32 Å². The average molecular weight is 544 g/mol. The molecule has 1 aliphatic heterocycles. The molecule has 0 aromatic carbocycles. The number of nitrogens with zero attached hydrogens (tertiary/aromatic N) is 4. The average Bonchev–Trinajstić information content (AvgIpc) is 3.50. The van der Waals surface area contributed by atoms with Crippen LogP contribution in [0, 0.1) is 19.8 Å². The summed E-state index contributed by atoms with van der Waals surface area (Å²) in [5.74, 6) is -0.671. The predicted octanol–water partition coefficient (Wildman–Crippen LogP) is 4.54. The van der Waals surface area contributed by atoms with E-state index >= 15 is 0 Å². The van der Waals surface area contributed by atoms with E-state index < -0.39 is 18.0 Å². The van der Waals surface area contributed by atoms with Crippen LogP contribution in [-0.2, 0) is 14.3 Å². The maximum Gasteiger partial charge on any atom is 0.189 e. The SMILES string of the molecule is CCCC(=O)C(O)[C@H]1C[C@@H](Nc2nc(SC)nc(C)c2-c2nc3c(C)nccc3s2)[C@@H]2OC(C)(C)O[C@@H]21. The van der Waals surface area contributed by atoms with Crippen molar-refractivity contribution >= 4 is 44.9 Å². The number of pyridine rings is 1. The third kappa shape index (κ3) is 4.99. The Morgan fingerprint density at radius 2 is 2.00 bits per heavy atom. The number of aryl methyl sites for hydroxylation is 2. The minimum absolute atomic E-state index is 0.151. The van der Waals surface area contributed by atoms with Gasteiger partial charge in [-0.2, -0.15) is 0 Å². The van der Waals surface area contributed by atoms with Crippen molar-refractivity contribution < 1.29 is 19.4 Å². The van der Waals surface area contributed by atoms with E-state index in [0.717, 1.165) is 32.2 Å². The predicted molar refractivity (Wildman–Crippen MR) is 145 cm³/mol. The molecule has 5 rings (SSSR count). The summed E-state index contributed by atoms with van der Waals surface area (Å²) in [5, 5.41) is 16.0. The van der Waals surface area contributed by atoms with Crippen LogP contribution in [0.15, 0.2) is 17.4 Å². The summed E-state index contributed by atoms with van der Waals surface area (Å²) in [6, 6.07) is 1.75. The van der Waals surface area contributed by atoms with Gasteiger partial charge in [0, 0.05) is 18.5 Å². The molecule has 3 aromatic heterocycles. The van der Waals surface area contributed by atoms with E-state index in [2.05, 4.69) is 10.3 Å². The highest BCUT2D eigenvalue weighted by molar-refractivity contribution is 7.98. The van der Waals surface area contributed by atoms with Crippen molar-refractivity contribution in [3.05, 3.63) is 23.7 Å². The number of anilines is 1. The van der Waals surface area contributed by atoms with Gasteiger partial charge >= 0.3 is 0 Å². The second kappa shape index (κ2) is 10.2. The van der Waals surface area contributed by atoms with Gasteiger partial charge in [-0.3, -0.25) is 9.78 Å². The van der Waals surface area contributed by atoms with E-state index in [0.29, 0.717) is 30.2 Å². The summed E-state index contributed by atoms with van der Waals surface area (Å²) in [6.07, 6.45) is 3.46. The highest BCUT2D eigenvalue weighted by Crippen LogP contribution is 2.45. The van der Waals surface area contributed by atoms with Crippen molar-refractivity contribution in [2.45, 2.75) is 89.2 Å². The monoisotopic (exact) mass is 543 g/mol. The van der Waals surface area contributed by atoms with E-state index in [4.69, 9.17) is 24.4 Å². The molecule has 0 amide bonds. The summed E-state index contributed by atoms with van der Waals surface area (Å²) in [6.45, 7) is 9.58. The molecule has 1 unspecified atom stereocenters. The number of ether oxygens (including phenoxy) is 2. The Bertz CT molecular complexity index is 1330. The molecule has 0 radical (unpaired) electrons. The Balaban J connectivity index is 1.53. The number of nitrogens with one attached hydrogen (secondary N) is 1. The van der Waals surface area contributed by atoms with Crippen molar-refractivity contribution in [3.8, 4) is 10.6 Å². The van der Waals surface area contributed by atoms with Gasteiger partial charge in [-0.05, 0) is 52.9 Å². The molecule has 1 saturated heterocycles. The number of aromatic nitrogens is 4. The number of aliphatic hydroxyl groups excluding tert-OH is 1. The van der Waals surface area contributed by atoms with Crippen LogP contribution in [-0.4, -0.2) is 67.2 Å². The molecule has 1 aliphatic carbocycles. The van der Waals surface area contributed by atoms with Crippen LogP contribution in [0.25, 0.3) is 20.8 Å². The largest absolute Gasteiger partial charge is 0.385 e. The lowest BCUT2D eigenvalue weighted by Gasteiger charge is -2.26. The maximum absolute atomic E-state index is 12.6. The third-order valence-electron chi connectivity index (χ3n) is 7.02. The Kier molecular flexibility index (Phi) is 7.27. The first-order valence-electron chi connectivity index (χ1n) is 12.6. The first kappa shape index (κ1) is 26.4. The Labute approximate surface area is 224 Å². The van der Waals surface area contributed by atoms with Gasteiger partial charge in [-0.1, -0.05) is 18.7 Å². The number of carbonyl (C=O) groups excluding carboxylic acids is 1. The molecule has 37 heavy (non-hydrogen) atoms. The molecule has 9 nitrogen and oxygen atoms in total.